The SMILES string of the molecule is CC(C)[C@H](NC(=O)CCOCCOCCOCCOCCOCCOCCOCCOCCOCCN=[N+]=[N-])C(=O)N[C@@H](CCCNC(N)=O)C(=O)NCC(=O)N(C)CC(=O)Nc1ccc(COC(=O)Oc2ccc([N+](=O)[O-])cc2)cc1. The number of nitro benzene ring substituents is 1. The first kappa shape index (κ1) is 70.8. The minimum absolute atomic E-state index is 0.0196. The number of anilines is 1. The molecule has 0 saturated heterocycles. The lowest BCUT2D eigenvalue weighted by Crippen LogP contribution is -2.56. The largest absolute Gasteiger partial charge is 0.514 e. The number of nitrogens with two attached hydrogens (primary N) is 1. The van der Waals surface area contributed by atoms with Gasteiger partial charge in [0.1, 0.15) is 24.4 Å². The van der Waals surface area contributed by atoms with Crippen molar-refractivity contribution in [1.82, 2.24) is 26.2 Å². The summed E-state index contributed by atoms with van der Waals surface area (Å²) >= 11 is 0. The number of nitrogens with one attached hydrogen (secondary N) is 5. The van der Waals surface area contributed by atoms with Gasteiger partial charge in [0.05, 0.1) is 137 Å². The zero-order valence-electron chi connectivity index (χ0n) is 46.7. The number of benzene rings is 2. The molecular weight excluding hydrogens is 1090 g/mol. The van der Waals surface area contributed by atoms with Crippen LogP contribution in [0.3, 0.4) is 0 Å². The summed E-state index contributed by atoms with van der Waals surface area (Å²) in [6.07, 6.45) is -0.878. The summed E-state index contributed by atoms with van der Waals surface area (Å²) in [6.45, 7) is 9.26. The number of urea groups is 1. The fourth-order valence-corrected chi connectivity index (χ4v) is 6.52. The van der Waals surface area contributed by atoms with Gasteiger partial charge in [0.15, 0.2) is 0 Å². The van der Waals surface area contributed by atoms with Crippen molar-refractivity contribution in [3.63, 3.8) is 0 Å². The minimum Gasteiger partial charge on any atom is -0.429 e. The van der Waals surface area contributed by atoms with Gasteiger partial charge in [-0.1, -0.05) is 31.1 Å². The third-order valence-corrected chi connectivity index (χ3v) is 10.8. The Hall–Kier alpha value is -7.32. The Morgan fingerprint density at radius 3 is 1.65 bits per heavy atom. The Labute approximate surface area is 475 Å². The molecule has 458 valence electrons. The molecule has 7 N–H and O–H groups in total. The van der Waals surface area contributed by atoms with Gasteiger partial charge in [-0.2, -0.15) is 0 Å². The molecule has 82 heavy (non-hydrogen) atoms. The van der Waals surface area contributed by atoms with Crippen LogP contribution in [-0.2, 0) is 77.9 Å². The van der Waals surface area contributed by atoms with Crippen LogP contribution in [0.1, 0.15) is 38.7 Å². The molecule has 0 spiro atoms. The van der Waals surface area contributed by atoms with Crippen molar-refractivity contribution in [2.24, 2.45) is 16.8 Å². The first-order valence-corrected chi connectivity index (χ1v) is 26.4. The maximum Gasteiger partial charge on any atom is 0.514 e. The molecule has 0 aliphatic carbocycles. The zero-order chi connectivity index (χ0) is 60.0. The summed E-state index contributed by atoms with van der Waals surface area (Å²) in [5, 5.41) is 27.0. The predicted molar refractivity (Wildman–Crippen MR) is 291 cm³/mol. The topological polar surface area (TPSA) is 402 Å². The molecule has 0 fully saturated rings. The second-order valence-corrected chi connectivity index (χ2v) is 17.6. The van der Waals surface area contributed by atoms with E-state index in [-0.39, 0.29) is 63.7 Å². The summed E-state index contributed by atoms with van der Waals surface area (Å²) in [7, 11) is 1.35. The van der Waals surface area contributed by atoms with E-state index in [1.54, 1.807) is 26.0 Å². The third-order valence-electron chi connectivity index (χ3n) is 10.8. The van der Waals surface area contributed by atoms with Crippen molar-refractivity contribution >= 4 is 53.1 Å². The lowest BCUT2D eigenvalue weighted by molar-refractivity contribution is -0.384. The normalized spacial score (nSPS) is 11.6. The van der Waals surface area contributed by atoms with Crippen molar-refractivity contribution in [3.05, 3.63) is 74.7 Å². The Morgan fingerprint density at radius 2 is 1.17 bits per heavy atom. The number of likely N-dealkylation sites (N-methyl/N-ethyl adjacent to an activating group) is 1. The second-order valence-electron chi connectivity index (χ2n) is 17.6. The number of nitrogens with zero attached hydrogens (tertiary/aromatic N) is 5. The molecule has 2 atom stereocenters. The number of hydrogen-bond donors (Lipinski definition) is 6. The molecule has 31 nitrogen and oxygen atoms in total. The number of carbonyl (C=O) groups is 7. The van der Waals surface area contributed by atoms with Crippen molar-refractivity contribution < 1.29 is 90.6 Å². The number of amides is 7. The molecule has 0 bridgehead atoms. The fourth-order valence-electron chi connectivity index (χ4n) is 6.52. The van der Waals surface area contributed by atoms with E-state index < -0.39 is 77.7 Å². The van der Waals surface area contributed by atoms with Crippen LogP contribution in [0.2, 0.25) is 0 Å². The maximum absolute atomic E-state index is 13.5. The highest BCUT2D eigenvalue weighted by Gasteiger charge is 2.29. The van der Waals surface area contributed by atoms with Crippen LogP contribution < -0.4 is 37.1 Å². The van der Waals surface area contributed by atoms with Gasteiger partial charge in [0.25, 0.3) is 5.69 Å². The first-order chi connectivity index (χ1) is 39.6. The monoisotopic (exact) mass is 1170 g/mol. The molecule has 7 amide bonds. The van der Waals surface area contributed by atoms with E-state index in [1.807, 2.05) is 0 Å². The number of hydrogen-bond acceptors (Lipinski definition) is 21. The van der Waals surface area contributed by atoms with Gasteiger partial charge in [-0.3, -0.25) is 34.1 Å². The molecule has 0 radical (unpaired) electrons. The number of nitro groups is 1. The molecular formula is C51H79N11O20. The van der Waals surface area contributed by atoms with E-state index in [9.17, 15) is 43.7 Å². The van der Waals surface area contributed by atoms with Gasteiger partial charge in [-0.25, -0.2) is 9.59 Å². The van der Waals surface area contributed by atoms with Crippen molar-refractivity contribution in [1.29, 1.82) is 0 Å². The number of ether oxygens (including phenoxy) is 11. The Bertz CT molecular complexity index is 2230. The molecule has 0 saturated carbocycles. The molecule has 0 unspecified atom stereocenters. The Morgan fingerprint density at radius 1 is 0.671 bits per heavy atom. The highest BCUT2D eigenvalue weighted by Crippen LogP contribution is 2.18. The minimum atomic E-state index is -1.19. The van der Waals surface area contributed by atoms with Crippen molar-refractivity contribution in [2.45, 2.75) is 51.8 Å². The zero-order valence-corrected chi connectivity index (χ0v) is 46.7. The smallest absolute Gasteiger partial charge is 0.429 e. The van der Waals surface area contributed by atoms with Crippen molar-refractivity contribution in [2.75, 3.05) is 157 Å². The van der Waals surface area contributed by atoms with Gasteiger partial charge in [0, 0.05) is 49.3 Å². The molecule has 2 aromatic carbocycles. The fraction of sp³-hybridized carbons (Fsp3) is 0.627. The maximum atomic E-state index is 13.5. The summed E-state index contributed by atoms with van der Waals surface area (Å²) in [6, 6.07) is 8.06. The number of rotatable bonds is 48. The number of primary amides is 1. The predicted octanol–water partition coefficient (Wildman–Crippen LogP) is 1.75. The molecule has 2 rings (SSSR count). The van der Waals surface area contributed by atoms with Gasteiger partial charge in [-0.15, -0.1) is 0 Å². The molecule has 0 aliphatic rings. The third kappa shape index (κ3) is 36.1. The van der Waals surface area contributed by atoms with Crippen LogP contribution in [0.15, 0.2) is 53.6 Å². The summed E-state index contributed by atoms with van der Waals surface area (Å²) in [5.41, 5.74) is 14.1. The molecule has 0 aliphatic heterocycles. The van der Waals surface area contributed by atoms with Crippen molar-refractivity contribution in [3.8, 4) is 5.75 Å². The summed E-state index contributed by atoms with van der Waals surface area (Å²) in [5.74, 6) is -3.43. The van der Waals surface area contributed by atoms with E-state index in [2.05, 4.69) is 36.6 Å². The van der Waals surface area contributed by atoms with Crippen LogP contribution in [0.4, 0.5) is 21.0 Å². The van der Waals surface area contributed by atoms with E-state index in [1.165, 1.54) is 43.4 Å². The molecule has 2 aromatic rings. The molecule has 0 heterocycles. The summed E-state index contributed by atoms with van der Waals surface area (Å²) in [4.78, 5) is 103. The van der Waals surface area contributed by atoms with Crippen LogP contribution >= 0.6 is 0 Å². The Kier molecular flexibility index (Phi) is 39.1. The van der Waals surface area contributed by atoms with Gasteiger partial charge in [-0.05, 0) is 54.1 Å². The standard InChI is InChI=1S/C51H79N11O20/c1-38(2)47(59-44(63)14-17-72-19-21-74-23-25-76-27-29-78-31-33-80-34-32-79-30-28-77-26-24-75-22-20-73-18-16-56-60-53)49(67)58-43(5-4-15-54-50(52)68)48(66)55-35-46(65)61(3)36-45(64)57-40-8-6-39(7-9-40)37-81-51(69)82-42-12-10-41(11-13-42)62(70)71/h6-13,38,43,47H,4-5,14-37H2,1-3H3,(H,55,66)(H,57,64)(H,58,67)(H,59,63)(H3,52,54,68)/t43-,47-/m0/s1. The second kappa shape index (κ2) is 45.3. The van der Waals surface area contributed by atoms with Gasteiger partial charge in [0.2, 0.25) is 29.5 Å². The van der Waals surface area contributed by atoms with Crippen LogP contribution in [0.5, 0.6) is 5.75 Å². The highest BCUT2D eigenvalue weighted by atomic mass is 16.7. The number of non-ortho nitro benzene ring substituents is 1. The number of azide groups is 1. The van der Waals surface area contributed by atoms with E-state index in [4.69, 9.17) is 63.4 Å². The quantitative estimate of drug-likeness (QED) is 0.00803. The van der Waals surface area contributed by atoms with Crippen LogP contribution in [0.25, 0.3) is 10.4 Å². The highest BCUT2D eigenvalue weighted by molar-refractivity contribution is 5.96. The molecule has 31 heteroatoms. The average Bonchev–Trinajstić information content (AvgIpc) is 3.51. The first-order valence-electron chi connectivity index (χ1n) is 26.4. The van der Waals surface area contributed by atoms with Gasteiger partial charge < -0.3 is 89.3 Å². The van der Waals surface area contributed by atoms with Gasteiger partial charge >= 0.3 is 12.2 Å². The lowest BCUT2D eigenvalue weighted by atomic mass is 10.0. The number of carbonyl (C=O) groups excluding carboxylic acids is 7. The Balaban J connectivity index is 1.59. The van der Waals surface area contributed by atoms with Crippen LogP contribution in [-0.4, -0.2) is 216 Å². The summed E-state index contributed by atoms with van der Waals surface area (Å²) < 4.78 is 59.0. The van der Waals surface area contributed by atoms with E-state index in [0.29, 0.717) is 117 Å². The average molecular weight is 1170 g/mol. The van der Waals surface area contributed by atoms with Crippen LogP contribution in [0, 0.1) is 16.0 Å². The molecule has 0 aromatic heterocycles. The van der Waals surface area contributed by atoms with E-state index >= 15 is 0 Å². The lowest BCUT2D eigenvalue weighted by Gasteiger charge is -2.25. The van der Waals surface area contributed by atoms with E-state index in [0.717, 1.165) is 4.90 Å².